The molecule has 0 fully saturated rings. The van der Waals surface area contributed by atoms with Crippen LogP contribution in [0.5, 0.6) is 0 Å². The molecule has 0 radical (unpaired) electrons. The standard InChI is InChI=1S/C15H18N2O2S/c1-3-12-4-6-14(7-5-12)17-20(18,19)15-9-11(2)8-13(16)10-15/h4-10,17H,3,16H2,1-2H3. The quantitative estimate of drug-likeness (QED) is 0.850. The van der Waals surface area contributed by atoms with Gasteiger partial charge in [-0.1, -0.05) is 19.1 Å². The summed E-state index contributed by atoms with van der Waals surface area (Å²) in [7, 11) is -3.61. The monoisotopic (exact) mass is 290 g/mol. The van der Waals surface area contributed by atoms with E-state index in [-0.39, 0.29) is 4.90 Å². The average molecular weight is 290 g/mol. The molecule has 0 amide bonds. The van der Waals surface area contributed by atoms with Crippen LogP contribution in [0.1, 0.15) is 18.1 Å². The van der Waals surface area contributed by atoms with Gasteiger partial charge in [-0.05, 0) is 54.8 Å². The maximum absolute atomic E-state index is 12.3. The SMILES string of the molecule is CCc1ccc(NS(=O)(=O)c2cc(C)cc(N)c2)cc1. The minimum atomic E-state index is -3.61. The molecule has 0 unspecified atom stereocenters. The van der Waals surface area contributed by atoms with Crippen molar-refractivity contribution in [1.29, 1.82) is 0 Å². The van der Waals surface area contributed by atoms with Crippen LogP contribution in [-0.2, 0) is 16.4 Å². The molecule has 0 aliphatic carbocycles. The Balaban J connectivity index is 2.30. The first-order valence-electron chi connectivity index (χ1n) is 6.39. The minimum absolute atomic E-state index is 0.176. The van der Waals surface area contributed by atoms with E-state index < -0.39 is 10.0 Å². The lowest BCUT2D eigenvalue weighted by Crippen LogP contribution is -2.13. The van der Waals surface area contributed by atoms with Gasteiger partial charge < -0.3 is 5.73 Å². The molecule has 3 N–H and O–H groups in total. The zero-order valence-corrected chi connectivity index (χ0v) is 12.4. The fraction of sp³-hybridized carbons (Fsp3) is 0.200. The minimum Gasteiger partial charge on any atom is -0.399 e. The third-order valence-electron chi connectivity index (χ3n) is 3.00. The number of hydrogen-bond acceptors (Lipinski definition) is 3. The zero-order valence-electron chi connectivity index (χ0n) is 11.6. The average Bonchev–Trinajstić information content (AvgIpc) is 2.38. The maximum Gasteiger partial charge on any atom is 0.261 e. The number of aryl methyl sites for hydroxylation is 2. The number of rotatable bonds is 4. The summed E-state index contributed by atoms with van der Waals surface area (Å²) in [5, 5.41) is 0. The Morgan fingerprint density at radius 3 is 2.30 bits per heavy atom. The van der Waals surface area contributed by atoms with Gasteiger partial charge in [0.2, 0.25) is 0 Å². The van der Waals surface area contributed by atoms with Crippen molar-refractivity contribution in [2.45, 2.75) is 25.2 Å². The van der Waals surface area contributed by atoms with Gasteiger partial charge in [0.15, 0.2) is 0 Å². The highest BCUT2D eigenvalue weighted by molar-refractivity contribution is 7.92. The normalized spacial score (nSPS) is 11.3. The summed E-state index contributed by atoms with van der Waals surface area (Å²) < 4.78 is 27.1. The van der Waals surface area contributed by atoms with Crippen molar-refractivity contribution in [1.82, 2.24) is 0 Å². The molecule has 4 nitrogen and oxygen atoms in total. The lowest BCUT2D eigenvalue weighted by Gasteiger charge is -2.10. The fourth-order valence-corrected chi connectivity index (χ4v) is 3.15. The van der Waals surface area contributed by atoms with Crippen molar-refractivity contribution in [3.63, 3.8) is 0 Å². The third kappa shape index (κ3) is 3.30. The maximum atomic E-state index is 12.3. The first kappa shape index (κ1) is 14.4. The van der Waals surface area contributed by atoms with E-state index >= 15 is 0 Å². The first-order chi connectivity index (χ1) is 9.40. The third-order valence-corrected chi connectivity index (χ3v) is 4.36. The van der Waals surface area contributed by atoms with Crippen LogP contribution in [0.2, 0.25) is 0 Å². The number of anilines is 2. The number of nitrogens with one attached hydrogen (secondary N) is 1. The molecule has 0 saturated heterocycles. The molecule has 0 aliphatic heterocycles. The lowest BCUT2D eigenvalue weighted by molar-refractivity contribution is 0.601. The van der Waals surface area contributed by atoms with Crippen molar-refractivity contribution in [3.05, 3.63) is 53.6 Å². The zero-order chi connectivity index (χ0) is 14.8. The number of nitrogens with two attached hydrogens (primary N) is 1. The molecule has 0 aromatic heterocycles. The van der Waals surface area contributed by atoms with E-state index in [4.69, 9.17) is 5.73 Å². The highest BCUT2D eigenvalue weighted by Crippen LogP contribution is 2.20. The van der Waals surface area contributed by atoms with Gasteiger partial charge in [-0.15, -0.1) is 0 Å². The number of hydrogen-bond donors (Lipinski definition) is 2. The van der Waals surface area contributed by atoms with Crippen LogP contribution >= 0.6 is 0 Å². The van der Waals surface area contributed by atoms with Crippen molar-refractivity contribution in [2.75, 3.05) is 10.5 Å². The van der Waals surface area contributed by atoms with Gasteiger partial charge in [-0.2, -0.15) is 0 Å². The van der Waals surface area contributed by atoms with Crippen LogP contribution in [0.15, 0.2) is 47.4 Å². The highest BCUT2D eigenvalue weighted by atomic mass is 32.2. The van der Waals surface area contributed by atoms with Gasteiger partial charge in [-0.25, -0.2) is 8.42 Å². The molecule has 20 heavy (non-hydrogen) atoms. The lowest BCUT2D eigenvalue weighted by atomic mass is 10.2. The summed E-state index contributed by atoms with van der Waals surface area (Å²) in [5.41, 5.74) is 8.65. The number of nitrogen functional groups attached to an aromatic ring is 1. The van der Waals surface area contributed by atoms with Crippen molar-refractivity contribution >= 4 is 21.4 Å². The summed E-state index contributed by atoms with van der Waals surface area (Å²) in [6, 6.07) is 12.1. The van der Waals surface area contributed by atoms with Crippen molar-refractivity contribution < 1.29 is 8.42 Å². The van der Waals surface area contributed by atoms with Crippen LogP contribution in [0.4, 0.5) is 11.4 Å². The van der Waals surface area contributed by atoms with Crippen LogP contribution in [0.3, 0.4) is 0 Å². The molecule has 0 heterocycles. The van der Waals surface area contributed by atoms with E-state index in [1.54, 1.807) is 24.3 Å². The van der Waals surface area contributed by atoms with E-state index in [0.29, 0.717) is 11.4 Å². The Morgan fingerprint density at radius 1 is 1.10 bits per heavy atom. The molecular formula is C15H18N2O2S. The second-order valence-electron chi connectivity index (χ2n) is 4.74. The van der Waals surface area contributed by atoms with Crippen LogP contribution in [0, 0.1) is 6.92 Å². The van der Waals surface area contributed by atoms with Gasteiger partial charge >= 0.3 is 0 Å². The van der Waals surface area contributed by atoms with Gasteiger partial charge in [0.05, 0.1) is 4.90 Å². The van der Waals surface area contributed by atoms with Gasteiger partial charge in [0.25, 0.3) is 10.0 Å². The van der Waals surface area contributed by atoms with E-state index in [2.05, 4.69) is 11.6 Å². The largest absolute Gasteiger partial charge is 0.399 e. The van der Waals surface area contributed by atoms with Gasteiger partial charge in [0, 0.05) is 11.4 Å². The number of sulfonamides is 1. The first-order valence-corrected chi connectivity index (χ1v) is 7.88. The number of benzene rings is 2. The predicted molar refractivity (Wildman–Crippen MR) is 82.2 cm³/mol. The van der Waals surface area contributed by atoms with Gasteiger partial charge in [0.1, 0.15) is 0 Å². The Bertz CT molecular complexity index is 687. The van der Waals surface area contributed by atoms with Crippen LogP contribution < -0.4 is 10.5 Å². The Morgan fingerprint density at radius 2 is 1.75 bits per heavy atom. The molecular weight excluding hydrogens is 272 g/mol. The molecule has 2 aromatic carbocycles. The summed E-state index contributed by atoms with van der Waals surface area (Å²) in [6.07, 6.45) is 0.918. The molecule has 5 heteroatoms. The second kappa shape index (κ2) is 5.54. The summed E-state index contributed by atoms with van der Waals surface area (Å²) >= 11 is 0. The van der Waals surface area contributed by atoms with E-state index in [1.807, 2.05) is 19.1 Å². The van der Waals surface area contributed by atoms with Crippen LogP contribution in [-0.4, -0.2) is 8.42 Å². The van der Waals surface area contributed by atoms with Crippen LogP contribution in [0.25, 0.3) is 0 Å². The molecule has 106 valence electrons. The van der Waals surface area contributed by atoms with Crippen molar-refractivity contribution in [3.8, 4) is 0 Å². The molecule has 0 bridgehead atoms. The fourth-order valence-electron chi connectivity index (χ4n) is 1.95. The Hall–Kier alpha value is -2.01. The summed E-state index contributed by atoms with van der Waals surface area (Å²) in [4.78, 5) is 0.176. The Kier molecular flexibility index (Phi) is 3.99. The predicted octanol–water partition coefficient (Wildman–Crippen LogP) is 2.94. The van der Waals surface area contributed by atoms with E-state index in [9.17, 15) is 8.42 Å². The smallest absolute Gasteiger partial charge is 0.261 e. The van der Waals surface area contributed by atoms with Gasteiger partial charge in [-0.3, -0.25) is 4.72 Å². The molecule has 2 rings (SSSR count). The summed E-state index contributed by atoms with van der Waals surface area (Å²) in [5.74, 6) is 0. The highest BCUT2D eigenvalue weighted by Gasteiger charge is 2.15. The van der Waals surface area contributed by atoms with E-state index in [1.165, 1.54) is 6.07 Å². The topological polar surface area (TPSA) is 72.2 Å². The molecule has 0 spiro atoms. The Labute approximate surface area is 119 Å². The molecule has 0 saturated carbocycles. The summed E-state index contributed by atoms with van der Waals surface area (Å²) in [6.45, 7) is 3.86. The molecule has 0 atom stereocenters. The van der Waals surface area contributed by atoms with Crippen molar-refractivity contribution in [2.24, 2.45) is 0 Å². The van der Waals surface area contributed by atoms with E-state index in [0.717, 1.165) is 17.5 Å². The second-order valence-corrected chi connectivity index (χ2v) is 6.42. The molecule has 0 aliphatic rings. The molecule has 2 aromatic rings.